The molecule has 0 aliphatic rings. The van der Waals surface area contributed by atoms with Crippen molar-refractivity contribution in [3.63, 3.8) is 0 Å². The van der Waals surface area contributed by atoms with E-state index in [4.69, 9.17) is 5.73 Å². The van der Waals surface area contributed by atoms with Gasteiger partial charge in [0.15, 0.2) is 0 Å². The van der Waals surface area contributed by atoms with Gasteiger partial charge in [0.25, 0.3) is 5.91 Å². The van der Waals surface area contributed by atoms with E-state index in [0.29, 0.717) is 30.8 Å². The van der Waals surface area contributed by atoms with Gasteiger partial charge in [0, 0.05) is 36.0 Å². The Bertz CT molecular complexity index is 897. The predicted molar refractivity (Wildman–Crippen MR) is 109 cm³/mol. The van der Waals surface area contributed by atoms with Crippen LogP contribution < -0.4 is 11.1 Å². The highest BCUT2D eigenvalue weighted by atomic mass is 16.1. The SMILES string of the molecule is Nc1ccccc1CC(=O)CCCCCNC(=O)c1cc2ccccc2[nH]1. The van der Waals surface area contributed by atoms with Gasteiger partial charge in [-0.3, -0.25) is 9.59 Å². The molecule has 27 heavy (non-hydrogen) atoms. The fourth-order valence-corrected chi connectivity index (χ4v) is 3.11. The number of unbranched alkanes of at least 4 members (excludes halogenated alkanes) is 2. The molecule has 1 amide bonds. The number of anilines is 1. The summed E-state index contributed by atoms with van der Waals surface area (Å²) in [5, 5.41) is 3.95. The van der Waals surface area contributed by atoms with Crippen molar-refractivity contribution >= 4 is 28.3 Å². The van der Waals surface area contributed by atoms with Crippen LogP contribution in [0.15, 0.2) is 54.6 Å². The number of nitrogens with one attached hydrogen (secondary N) is 2. The molecule has 3 aromatic rings. The Morgan fingerprint density at radius 2 is 1.74 bits per heavy atom. The van der Waals surface area contributed by atoms with Crippen molar-refractivity contribution in [2.45, 2.75) is 32.1 Å². The van der Waals surface area contributed by atoms with E-state index in [0.717, 1.165) is 35.7 Å². The highest BCUT2D eigenvalue weighted by molar-refractivity contribution is 5.97. The third kappa shape index (κ3) is 5.20. The number of hydrogen-bond donors (Lipinski definition) is 3. The molecule has 0 saturated heterocycles. The first-order chi connectivity index (χ1) is 13.1. The van der Waals surface area contributed by atoms with E-state index in [1.54, 1.807) is 0 Å². The second kappa shape index (κ2) is 9.03. The van der Waals surface area contributed by atoms with E-state index in [1.807, 2.05) is 54.6 Å². The van der Waals surface area contributed by atoms with Crippen molar-refractivity contribution in [2.24, 2.45) is 0 Å². The van der Waals surface area contributed by atoms with Gasteiger partial charge < -0.3 is 16.0 Å². The molecule has 0 radical (unpaired) electrons. The van der Waals surface area contributed by atoms with Crippen molar-refractivity contribution in [3.05, 3.63) is 65.9 Å². The zero-order chi connectivity index (χ0) is 19.1. The number of para-hydroxylation sites is 2. The number of ketones is 1. The molecule has 140 valence electrons. The molecule has 0 bridgehead atoms. The summed E-state index contributed by atoms with van der Waals surface area (Å²) in [5.41, 5.74) is 8.97. The Morgan fingerprint density at radius 3 is 2.56 bits per heavy atom. The zero-order valence-electron chi connectivity index (χ0n) is 15.3. The van der Waals surface area contributed by atoms with E-state index in [-0.39, 0.29) is 11.7 Å². The number of aromatic amines is 1. The molecule has 0 spiro atoms. The Morgan fingerprint density at radius 1 is 0.963 bits per heavy atom. The van der Waals surface area contributed by atoms with E-state index in [9.17, 15) is 9.59 Å². The van der Waals surface area contributed by atoms with E-state index in [2.05, 4.69) is 10.3 Å². The van der Waals surface area contributed by atoms with Crippen LogP contribution in [0.5, 0.6) is 0 Å². The van der Waals surface area contributed by atoms with Crippen LogP contribution in [-0.2, 0) is 11.2 Å². The van der Waals surface area contributed by atoms with E-state index >= 15 is 0 Å². The van der Waals surface area contributed by atoms with Gasteiger partial charge in [-0.15, -0.1) is 0 Å². The van der Waals surface area contributed by atoms with Crippen molar-refractivity contribution in [3.8, 4) is 0 Å². The molecule has 0 saturated carbocycles. The predicted octanol–water partition coefficient (Wildman–Crippen LogP) is 3.85. The summed E-state index contributed by atoms with van der Waals surface area (Å²) < 4.78 is 0. The van der Waals surface area contributed by atoms with Crippen molar-refractivity contribution in [2.75, 3.05) is 12.3 Å². The maximum atomic E-state index is 12.2. The maximum absolute atomic E-state index is 12.2. The molecule has 0 atom stereocenters. The van der Waals surface area contributed by atoms with Crippen molar-refractivity contribution in [1.82, 2.24) is 10.3 Å². The number of amides is 1. The number of hydrogen-bond acceptors (Lipinski definition) is 3. The van der Waals surface area contributed by atoms with Gasteiger partial charge in [-0.25, -0.2) is 0 Å². The summed E-state index contributed by atoms with van der Waals surface area (Å²) >= 11 is 0. The fraction of sp³-hybridized carbons (Fsp3) is 0.273. The van der Waals surface area contributed by atoms with Crippen LogP contribution in [0.1, 0.15) is 41.7 Å². The van der Waals surface area contributed by atoms with Gasteiger partial charge in [-0.2, -0.15) is 0 Å². The molecule has 1 aromatic heterocycles. The highest BCUT2D eigenvalue weighted by Gasteiger charge is 2.09. The topological polar surface area (TPSA) is 88.0 Å². The Balaban J connectivity index is 1.32. The van der Waals surface area contributed by atoms with Crippen molar-refractivity contribution in [1.29, 1.82) is 0 Å². The van der Waals surface area contributed by atoms with Crippen LogP contribution in [-0.4, -0.2) is 23.2 Å². The van der Waals surface area contributed by atoms with Crippen LogP contribution in [0, 0.1) is 0 Å². The Kier molecular flexibility index (Phi) is 6.26. The minimum Gasteiger partial charge on any atom is -0.398 e. The average Bonchev–Trinajstić information content (AvgIpc) is 3.10. The monoisotopic (exact) mass is 363 g/mol. The normalized spacial score (nSPS) is 10.8. The van der Waals surface area contributed by atoms with Gasteiger partial charge in [0.1, 0.15) is 11.5 Å². The molecule has 2 aromatic carbocycles. The molecule has 1 heterocycles. The minimum absolute atomic E-state index is 0.0955. The van der Waals surface area contributed by atoms with Gasteiger partial charge in [0.05, 0.1) is 0 Å². The van der Waals surface area contributed by atoms with Crippen LogP contribution in [0.2, 0.25) is 0 Å². The molecule has 4 N–H and O–H groups in total. The summed E-state index contributed by atoms with van der Waals surface area (Å²) in [6, 6.07) is 17.2. The summed E-state index contributed by atoms with van der Waals surface area (Å²) in [7, 11) is 0. The average molecular weight is 363 g/mol. The van der Waals surface area contributed by atoms with Crippen molar-refractivity contribution < 1.29 is 9.59 Å². The Hall–Kier alpha value is -3.08. The Labute approximate surface area is 159 Å². The summed E-state index contributed by atoms with van der Waals surface area (Å²) in [6.07, 6.45) is 3.53. The first-order valence-corrected chi connectivity index (χ1v) is 9.34. The minimum atomic E-state index is -0.0955. The molecule has 3 rings (SSSR count). The second-order valence-corrected chi connectivity index (χ2v) is 6.75. The molecule has 0 aliphatic heterocycles. The third-order valence-corrected chi connectivity index (χ3v) is 4.64. The lowest BCUT2D eigenvalue weighted by Crippen LogP contribution is -2.24. The number of carbonyl (C=O) groups excluding carboxylic acids is 2. The van der Waals surface area contributed by atoms with Crippen LogP contribution in [0.3, 0.4) is 0 Å². The van der Waals surface area contributed by atoms with E-state index < -0.39 is 0 Å². The first kappa shape index (κ1) is 18.7. The number of nitrogens with two attached hydrogens (primary N) is 1. The molecule has 5 heteroatoms. The summed E-state index contributed by atoms with van der Waals surface area (Å²) in [4.78, 5) is 27.4. The smallest absolute Gasteiger partial charge is 0.267 e. The standard InChI is InChI=1S/C22H25N3O2/c23-19-11-5-3-8-16(19)14-18(26)10-2-1-7-13-24-22(27)21-15-17-9-4-6-12-20(17)25-21/h3-6,8-9,11-12,15,25H,1-2,7,10,13-14,23H2,(H,24,27). The summed E-state index contributed by atoms with van der Waals surface area (Å²) in [5.74, 6) is 0.108. The second-order valence-electron chi connectivity index (χ2n) is 6.75. The molecular weight excluding hydrogens is 338 g/mol. The molecule has 5 nitrogen and oxygen atoms in total. The molecule has 0 aliphatic carbocycles. The quantitative estimate of drug-likeness (QED) is 0.398. The fourth-order valence-electron chi connectivity index (χ4n) is 3.11. The molecular formula is C22H25N3O2. The third-order valence-electron chi connectivity index (χ3n) is 4.64. The number of H-pyrrole nitrogens is 1. The van der Waals surface area contributed by atoms with Gasteiger partial charge in [-0.1, -0.05) is 42.8 Å². The zero-order valence-corrected chi connectivity index (χ0v) is 15.3. The lowest BCUT2D eigenvalue weighted by atomic mass is 10.0. The number of nitrogen functional groups attached to an aromatic ring is 1. The number of aromatic nitrogens is 1. The number of Topliss-reactive ketones (excluding diaryl/α,β-unsaturated/α-hetero) is 1. The van der Waals surface area contributed by atoms with Gasteiger partial charge >= 0.3 is 0 Å². The van der Waals surface area contributed by atoms with Crippen LogP contribution >= 0.6 is 0 Å². The van der Waals surface area contributed by atoms with Gasteiger partial charge in [0.2, 0.25) is 0 Å². The first-order valence-electron chi connectivity index (χ1n) is 9.34. The van der Waals surface area contributed by atoms with Gasteiger partial charge in [-0.05, 0) is 36.6 Å². The molecule has 0 fully saturated rings. The van der Waals surface area contributed by atoms with Crippen LogP contribution in [0.25, 0.3) is 10.9 Å². The number of benzene rings is 2. The van der Waals surface area contributed by atoms with E-state index in [1.165, 1.54) is 0 Å². The lowest BCUT2D eigenvalue weighted by Gasteiger charge is -2.05. The largest absolute Gasteiger partial charge is 0.398 e. The molecule has 0 unspecified atom stereocenters. The lowest BCUT2D eigenvalue weighted by molar-refractivity contribution is -0.118. The number of fused-ring (bicyclic) bond motifs is 1. The van der Waals surface area contributed by atoms with Crippen LogP contribution in [0.4, 0.5) is 5.69 Å². The number of carbonyl (C=O) groups is 2. The number of rotatable bonds is 9. The highest BCUT2D eigenvalue weighted by Crippen LogP contribution is 2.15. The summed E-state index contributed by atoms with van der Waals surface area (Å²) in [6.45, 7) is 0.605. The maximum Gasteiger partial charge on any atom is 0.267 e.